The number of nitrogens with zero attached hydrogens (tertiary/aromatic N) is 2. The molecule has 0 saturated carbocycles. The zero-order valence-electron chi connectivity index (χ0n) is 8.98. The molecule has 1 unspecified atom stereocenters. The first-order valence-corrected chi connectivity index (χ1v) is 5.25. The average Bonchev–Trinajstić information content (AvgIpc) is 2.43. The lowest BCUT2D eigenvalue weighted by molar-refractivity contribution is 0.723. The highest BCUT2D eigenvalue weighted by Crippen LogP contribution is 2.23. The van der Waals surface area contributed by atoms with Crippen LogP contribution in [0.4, 0.5) is 0 Å². The van der Waals surface area contributed by atoms with Gasteiger partial charge in [0.15, 0.2) is 0 Å². The third-order valence-electron chi connectivity index (χ3n) is 2.34. The van der Waals surface area contributed by atoms with E-state index in [4.69, 9.17) is 5.73 Å². The van der Waals surface area contributed by atoms with Gasteiger partial charge in [-0.2, -0.15) is 0 Å². The first kappa shape index (κ1) is 15.7. The van der Waals surface area contributed by atoms with E-state index in [0.29, 0.717) is 0 Å². The average molecular weight is 327 g/mol. The van der Waals surface area contributed by atoms with Crippen LogP contribution in [0.1, 0.15) is 18.7 Å². The topological polar surface area (TPSA) is 43.8 Å². The Labute approximate surface area is 115 Å². The van der Waals surface area contributed by atoms with E-state index in [1.807, 2.05) is 24.6 Å². The molecule has 0 aliphatic heterocycles. The summed E-state index contributed by atoms with van der Waals surface area (Å²) in [5, 5.41) is 1.12. The van der Waals surface area contributed by atoms with Crippen LogP contribution in [0.5, 0.6) is 0 Å². The summed E-state index contributed by atoms with van der Waals surface area (Å²) in [5.74, 6) is 0. The van der Waals surface area contributed by atoms with Gasteiger partial charge in [-0.1, -0.05) is 0 Å². The summed E-state index contributed by atoms with van der Waals surface area (Å²) in [7, 11) is 1.99. The van der Waals surface area contributed by atoms with Gasteiger partial charge >= 0.3 is 0 Å². The summed E-state index contributed by atoms with van der Waals surface area (Å²) in [6.45, 7) is 1.98. The number of pyridine rings is 1. The van der Waals surface area contributed by atoms with Crippen molar-refractivity contribution in [2.24, 2.45) is 12.8 Å². The number of halogens is 3. The fraction of sp³-hybridized carbons (Fsp3) is 0.300. The van der Waals surface area contributed by atoms with Crippen LogP contribution >= 0.6 is 40.7 Å². The van der Waals surface area contributed by atoms with E-state index < -0.39 is 0 Å². The van der Waals surface area contributed by atoms with Crippen molar-refractivity contribution in [1.29, 1.82) is 0 Å². The minimum Gasteiger partial charge on any atom is -0.331 e. The van der Waals surface area contributed by atoms with Crippen LogP contribution in [0.25, 0.3) is 11.0 Å². The summed E-state index contributed by atoms with van der Waals surface area (Å²) >= 11 is 3.40. The summed E-state index contributed by atoms with van der Waals surface area (Å²) in [4.78, 5) is 4.34. The molecule has 2 aromatic heterocycles. The first-order valence-electron chi connectivity index (χ1n) is 4.46. The molecule has 0 bridgehead atoms. The second-order valence-electron chi connectivity index (χ2n) is 3.48. The van der Waals surface area contributed by atoms with Gasteiger partial charge in [0.05, 0.1) is 0 Å². The lowest BCUT2D eigenvalue weighted by atomic mass is 10.2. The van der Waals surface area contributed by atoms with E-state index >= 15 is 0 Å². The third kappa shape index (κ3) is 2.69. The minimum atomic E-state index is 0. The number of nitrogens with two attached hydrogens (primary N) is 1. The maximum absolute atomic E-state index is 5.86. The predicted molar refractivity (Wildman–Crippen MR) is 75.5 cm³/mol. The molecule has 1 atom stereocenters. The number of aromatic nitrogens is 2. The Balaban J connectivity index is 0.00000112. The molecule has 16 heavy (non-hydrogen) atoms. The Morgan fingerprint density at radius 3 is 2.56 bits per heavy atom. The Kier molecular flexibility index (Phi) is 5.76. The summed E-state index contributed by atoms with van der Waals surface area (Å²) in [6.07, 6.45) is 1.80. The molecule has 2 N–H and O–H groups in total. The van der Waals surface area contributed by atoms with Crippen LogP contribution in [-0.2, 0) is 7.05 Å². The van der Waals surface area contributed by atoms with Gasteiger partial charge in [0.1, 0.15) is 5.65 Å². The van der Waals surface area contributed by atoms with Crippen molar-refractivity contribution < 1.29 is 0 Å². The van der Waals surface area contributed by atoms with Gasteiger partial charge in [-0.3, -0.25) is 0 Å². The molecule has 90 valence electrons. The van der Waals surface area contributed by atoms with Crippen LogP contribution in [0, 0.1) is 0 Å². The fourth-order valence-electron chi connectivity index (χ4n) is 1.65. The maximum atomic E-state index is 5.86. The van der Waals surface area contributed by atoms with Crippen molar-refractivity contribution in [3.05, 3.63) is 28.5 Å². The van der Waals surface area contributed by atoms with Gasteiger partial charge < -0.3 is 10.3 Å². The van der Waals surface area contributed by atoms with Crippen molar-refractivity contribution >= 4 is 51.8 Å². The van der Waals surface area contributed by atoms with Crippen molar-refractivity contribution in [3.8, 4) is 0 Å². The Hall–Kier alpha value is -0.290. The normalized spacial score (nSPS) is 11.8. The molecule has 0 spiro atoms. The van der Waals surface area contributed by atoms with Crippen LogP contribution in [0.3, 0.4) is 0 Å². The fourth-order valence-corrected chi connectivity index (χ4v) is 2.00. The van der Waals surface area contributed by atoms with Crippen molar-refractivity contribution in [2.45, 2.75) is 13.0 Å². The molecule has 3 nitrogen and oxygen atoms in total. The number of hydrogen-bond donors (Lipinski definition) is 1. The monoisotopic (exact) mass is 325 g/mol. The first-order chi connectivity index (χ1) is 6.59. The molecule has 0 aliphatic carbocycles. The highest BCUT2D eigenvalue weighted by molar-refractivity contribution is 9.10. The highest BCUT2D eigenvalue weighted by atomic mass is 79.9. The number of rotatable bonds is 1. The summed E-state index contributed by atoms with van der Waals surface area (Å²) in [6, 6.07) is 4.17. The van der Waals surface area contributed by atoms with Crippen LogP contribution in [0.15, 0.2) is 22.8 Å². The van der Waals surface area contributed by atoms with E-state index in [1.165, 1.54) is 0 Å². The number of hydrogen-bond acceptors (Lipinski definition) is 2. The van der Waals surface area contributed by atoms with E-state index in [9.17, 15) is 0 Å². The van der Waals surface area contributed by atoms with Crippen molar-refractivity contribution in [1.82, 2.24) is 9.55 Å². The third-order valence-corrected chi connectivity index (χ3v) is 2.77. The zero-order chi connectivity index (χ0) is 10.3. The SMILES string of the molecule is CC(N)c1cc2cc(Br)cnc2n1C.Cl.Cl. The van der Waals surface area contributed by atoms with Crippen LogP contribution in [-0.4, -0.2) is 9.55 Å². The van der Waals surface area contributed by atoms with Gasteiger partial charge in [-0.15, -0.1) is 24.8 Å². The van der Waals surface area contributed by atoms with E-state index in [-0.39, 0.29) is 30.9 Å². The number of aryl methyl sites for hydroxylation is 1. The Bertz CT molecular complexity index is 482. The number of fused-ring (bicyclic) bond motifs is 1. The van der Waals surface area contributed by atoms with E-state index in [1.54, 1.807) is 6.20 Å². The predicted octanol–water partition coefficient (Wildman–Crippen LogP) is 3.20. The highest BCUT2D eigenvalue weighted by Gasteiger charge is 2.09. The van der Waals surface area contributed by atoms with Gasteiger partial charge in [-0.05, 0) is 35.0 Å². The van der Waals surface area contributed by atoms with Gasteiger partial charge in [-0.25, -0.2) is 4.98 Å². The lowest BCUT2D eigenvalue weighted by Crippen LogP contribution is -2.09. The minimum absolute atomic E-state index is 0. The Morgan fingerprint density at radius 1 is 1.38 bits per heavy atom. The van der Waals surface area contributed by atoms with Gasteiger partial charge in [0.25, 0.3) is 0 Å². The van der Waals surface area contributed by atoms with Crippen LogP contribution < -0.4 is 5.73 Å². The molecular weight excluding hydrogens is 313 g/mol. The molecule has 2 heterocycles. The smallest absolute Gasteiger partial charge is 0.139 e. The molecule has 0 amide bonds. The zero-order valence-corrected chi connectivity index (χ0v) is 12.2. The molecule has 0 radical (unpaired) electrons. The van der Waals surface area contributed by atoms with Gasteiger partial charge in [0, 0.05) is 34.8 Å². The van der Waals surface area contributed by atoms with E-state index in [0.717, 1.165) is 21.2 Å². The lowest BCUT2D eigenvalue weighted by Gasteiger charge is -2.06. The molecule has 6 heteroatoms. The molecule has 2 rings (SSSR count). The summed E-state index contributed by atoms with van der Waals surface area (Å²) in [5.41, 5.74) is 7.93. The van der Waals surface area contributed by atoms with E-state index in [2.05, 4.69) is 27.0 Å². The van der Waals surface area contributed by atoms with Crippen molar-refractivity contribution in [2.75, 3.05) is 0 Å². The largest absolute Gasteiger partial charge is 0.331 e. The molecule has 2 aromatic rings. The Morgan fingerprint density at radius 2 is 2.00 bits per heavy atom. The van der Waals surface area contributed by atoms with Crippen LogP contribution in [0.2, 0.25) is 0 Å². The summed E-state index contributed by atoms with van der Waals surface area (Å²) < 4.78 is 3.03. The van der Waals surface area contributed by atoms with Gasteiger partial charge in [0.2, 0.25) is 0 Å². The molecular formula is C10H14BrCl2N3. The molecule has 0 aliphatic rings. The second kappa shape index (κ2) is 5.87. The molecule has 0 saturated heterocycles. The maximum Gasteiger partial charge on any atom is 0.139 e. The quantitative estimate of drug-likeness (QED) is 0.874. The second-order valence-corrected chi connectivity index (χ2v) is 4.40. The molecule has 0 aromatic carbocycles. The standard InChI is InChI=1S/C10H12BrN3.2ClH/c1-6(12)9-4-7-3-8(11)5-13-10(7)14(9)2;;/h3-6H,12H2,1-2H3;2*1H. The van der Waals surface area contributed by atoms with Crippen molar-refractivity contribution in [3.63, 3.8) is 0 Å². The molecule has 0 fully saturated rings.